The largest absolute Gasteiger partial charge is 0.469 e. The van der Waals surface area contributed by atoms with Crippen molar-refractivity contribution >= 4 is 27.3 Å². The highest BCUT2D eigenvalue weighted by molar-refractivity contribution is 9.11. The average Bonchev–Trinajstić information content (AvgIpc) is 2.95. The van der Waals surface area contributed by atoms with Crippen molar-refractivity contribution in [3.8, 4) is 0 Å². The third-order valence-corrected chi connectivity index (χ3v) is 4.28. The van der Waals surface area contributed by atoms with Gasteiger partial charge in [0.15, 0.2) is 0 Å². The summed E-state index contributed by atoms with van der Waals surface area (Å²) in [4.78, 5) is 1.36. The first-order valence-electron chi connectivity index (χ1n) is 5.74. The van der Waals surface area contributed by atoms with E-state index in [2.05, 4.69) is 40.3 Å². The number of aryl methyl sites for hydroxylation is 1. The van der Waals surface area contributed by atoms with Crippen LogP contribution in [0.3, 0.4) is 0 Å². The molecule has 0 bridgehead atoms. The minimum absolute atomic E-state index is 0.501. The van der Waals surface area contributed by atoms with E-state index in [1.807, 2.05) is 12.1 Å². The summed E-state index contributed by atoms with van der Waals surface area (Å²) in [6.45, 7) is 3.15. The Labute approximate surface area is 114 Å². The quantitative estimate of drug-likeness (QED) is 0.864. The molecule has 2 aromatic rings. The first-order chi connectivity index (χ1) is 8.24. The van der Waals surface area contributed by atoms with Crippen LogP contribution in [-0.4, -0.2) is 6.04 Å². The fraction of sp³-hybridized carbons (Fsp3) is 0.385. The van der Waals surface area contributed by atoms with Crippen molar-refractivity contribution in [1.29, 1.82) is 0 Å². The number of hydrogen-bond donors (Lipinski definition) is 1. The molecule has 0 aliphatic carbocycles. The molecule has 4 heteroatoms. The van der Waals surface area contributed by atoms with Crippen molar-refractivity contribution in [1.82, 2.24) is 5.32 Å². The predicted molar refractivity (Wildman–Crippen MR) is 75.3 cm³/mol. The zero-order chi connectivity index (χ0) is 12.1. The molecule has 0 aromatic carbocycles. The summed E-state index contributed by atoms with van der Waals surface area (Å²) >= 11 is 5.26. The second kappa shape index (κ2) is 6.38. The maximum Gasteiger partial charge on any atom is 0.103 e. The van der Waals surface area contributed by atoms with Crippen molar-refractivity contribution in [3.05, 3.63) is 45.0 Å². The van der Waals surface area contributed by atoms with Gasteiger partial charge in [-0.1, -0.05) is 0 Å². The summed E-state index contributed by atoms with van der Waals surface area (Å²) in [5.41, 5.74) is 0. The molecule has 1 atom stereocenters. The molecule has 0 aliphatic heterocycles. The topological polar surface area (TPSA) is 25.2 Å². The molecule has 0 radical (unpaired) electrons. The van der Waals surface area contributed by atoms with E-state index in [4.69, 9.17) is 4.42 Å². The van der Waals surface area contributed by atoms with Crippen LogP contribution in [0.2, 0.25) is 0 Å². The van der Waals surface area contributed by atoms with Crippen molar-refractivity contribution in [2.24, 2.45) is 0 Å². The number of nitrogens with one attached hydrogen (secondary N) is 1. The maximum atomic E-state index is 5.32. The van der Waals surface area contributed by atoms with Gasteiger partial charge in [0, 0.05) is 23.9 Å². The molecule has 2 nitrogen and oxygen atoms in total. The van der Waals surface area contributed by atoms with Crippen LogP contribution in [-0.2, 0) is 13.0 Å². The third kappa shape index (κ3) is 4.30. The van der Waals surface area contributed by atoms with E-state index >= 15 is 0 Å². The van der Waals surface area contributed by atoms with E-state index in [0.29, 0.717) is 6.04 Å². The summed E-state index contributed by atoms with van der Waals surface area (Å²) in [5, 5.41) is 3.52. The third-order valence-electron chi connectivity index (χ3n) is 2.66. The highest BCUT2D eigenvalue weighted by atomic mass is 79.9. The Morgan fingerprint density at radius 1 is 1.41 bits per heavy atom. The van der Waals surface area contributed by atoms with Gasteiger partial charge in [-0.15, -0.1) is 11.3 Å². The van der Waals surface area contributed by atoms with Gasteiger partial charge < -0.3 is 9.73 Å². The van der Waals surface area contributed by atoms with E-state index in [1.54, 1.807) is 17.6 Å². The highest BCUT2D eigenvalue weighted by Gasteiger charge is 2.04. The Hall–Kier alpha value is -0.580. The van der Waals surface area contributed by atoms with E-state index < -0.39 is 0 Å². The average molecular weight is 314 g/mol. The Bertz CT molecular complexity index is 438. The first kappa shape index (κ1) is 12.9. The standard InChI is InChI=1S/C13H16BrNOS/c1-10(4-5-11-3-2-8-16-11)15-9-12-6-7-13(14)17-12/h2-3,6-8,10,15H,4-5,9H2,1H3. The van der Waals surface area contributed by atoms with E-state index in [-0.39, 0.29) is 0 Å². The molecular formula is C13H16BrNOS. The Morgan fingerprint density at radius 3 is 2.94 bits per heavy atom. The molecule has 0 saturated carbocycles. The lowest BCUT2D eigenvalue weighted by atomic mass is 10.1. The first-order valence-corrected chi connectivity index (χ1v) is 7.35. The zero-order valence-corrected chi connectivity index (χ0v) is 12.2. The maximum absolute atomic E-state index is 5.32. The molecule has 0 spiro atoms. The lowest BCUT2D eigenvalue weighted by molar-refractivity contribution is 0.461. The molecule has 17 heavy (non-hydrogen) atoms. The monoisotopic (exact) mass is 313 g/mol. The minimum Gasteiger partial charge on any atom is -0.469 e. The molecule has 0 aliphatic rings. The minimum atomic E-state index is 0.501. The van der Waals surface area contributed by atoms with Crippen LogP contribution in [0.25, 0.3) is 0 Å². The molecular weight excluding hydrogens is 298 g/mol. The summed E-state index contributed by atoms with van der Waals surface area (Å²) in [5.74, 6) is 1.07. The normalized spacial score (nSPS) is 12.8. The summed E-state index contributed by atoms with van der Waals surface area (Å²) < 4.78 is 6.51. The fourth-order valence-corrected chi connectivity index (χ4v) is 3.07. The molecule has 92 valence electrons. The van der Waals surface area contributed by atoms with Crippen molar-refractivity contribution in [3.63, 3.8) is 0 Å². The highest BCUT2D eigenvalue weighted by Crippen LogP contribution is 2.21. The predicted octanol–water partition coefficient (Wildman–Crippen LogP) is 4.21. The lowest BCUT2D eigenvalue weighted by Gasteiger charge is -2.11. The zero-order valence-electron chi connectivity index (χ0n) is 9.78. The van der Waals surface area contributed by atoms with Gasteiger partial charge in [-0.3, -0.25) is 0 Å². The van der Waals surface area contributed by atoms with E-state index in [1.165, 1.54) is 8.66 Å². The molecule has 0 amide bonds. The summed E-state index contributed by atoms with van der Waals surface area (Å²) in [7, 11) is 0. The number of hydrogen-bond acceptors (Lipinski definition) is 3. The number of furan rings is 1. The molecule has 2 heterocycles. The van der Waals surface area contributed by atoms with Gasteiger partial charge in [-0.2, -0.15) is 0 Å². The van der Waals surface area contributed by atoms with E-state index in [9.17, 15) is 0 Å². The Kier molecular flexibility index (Phi) is 4.83. The van der Waals surface area contributed by atoms with Crippen molar-refractivity contribution < 1.29 is 4.42 Å². The van der Waals surface area contributed by atoms with Crippen LogP contribution < -0.4 is 5.32 Å². The van der Waals surface area contributed by atoms with Gasteiger partial charge in [0.25, 0.3) is 0 Å². The van der Waals surface area contributed by atoms with Crippen molar-refractivity contribution in [2.45, 2.75) is 32.4 Å². The molecule has 0 saturated heterocycles. The van der Waals surface area contributed by atoms with Crippen molar-refractivity contribution in [2.75, 3.05) is 0 Å². The second-order valence-corrected chi connectivity index (χ2v) is 6.65. The van der Waals surface area contributed by atoms with Crippen LogP contribution in [0.1, 0.15) is 24.0 Å². The molecule has 0 fully saturated rings. The van der Waals surface area contributed by atoms with Gasteiger partial charge in [0.1, 0.15) is 5.76 Å². The second-order valence-electron chi connectivity index (χ2n) is 4.11. The molecule has 1 N–H and O–H groups in total. The number of halogens is 1. The summed E-state index contributed by atoms with van der Waals surface area (Å²) in [6, 6.07) is 8.72. The Morgan fingerprint density at radius 2 is 2.29 bits per heavy atom. The number of thiophene rings is 1. The van der Waals surface area contributed by atoms with Crippen LogP contribution in [0.15, 0.2) is 38.7 Å². The van der Waals surface area contributed by atoms with Gasteiger partial charge in [-0.25, -0.2) is 0 Å². The van der Waals surface area contributed by atoms with Gasteiger partial charge in [0.2, 0.25) is 0 Å². The fourth-order valence-electron chi connectivity index (χ4n) is 1.64. The van der Waals surface area contributed by atoms with Crippen LogP contribution in [0, 0.1) is 0 Å². The molecule has 2 rings (SSSR count). The van der Waals surface area contributed by atoms with Gasteiger partial charge in [0.05, 0.1) is 10.0 Å². The van der Waals surface area contributed by atoms with Crippen LogP contribution in [0.4, 0.5) is 0 Å². The van der Waals surface area contributed by atoms with E-state index in [0.717, 1.165) is 25.1 Å². The SMILES string of the molecule is CC(CCc1ccco1)NCc1ccc(Br)s1. The lowest BCUT2D eigenvalue weighted by Crippen LogP contribution is -2.25. The Balaban J connectivity index is 1.69. The van der Waals surface area contributed by atoms with Crippen LogP contribution in [0.5, 0.6) is 0 Å². The van der Waals surface area contributed by atoms with Gasteiger partial charge >= 0.3 is 0 Å². The smallest absolute Gasteiger partial charge is 0.103 e. The molecule has 2 aromatic heterocycles. The number of rotatable bonds is 6. The van der Waals surface area contributed by atoms with Crippen LogP contribution >= 0.6 is 27.3 Å². The van der Waals surface area contributed by atoms with Gasteiger partial charge in [-0.05, 0) is 53.5 Å². The molecule has 1 unspecified atom stereocenters. The summed E-state index contributed by atoms with van der Waals surface area (Å²) in [6.07, 6.45) is 3.83.